The van der Waals surface area contributed by atoms with Gasteiger partial charge in [0.1, 0.15) is 17.7 Å². The largest absolute Gasteiger partial charge is 0.467 e. The highest BCUT2D eigenvalue weighted by atomic mass is 16.3. The van der Waals surface area contributed by atoms with Crippen LogP contribution in [-0.2, 0) is 18.4 Å². The second-order valence-corrected chi connectivity index (χ2v) is 6.31. The van der Waals surface area contributed by atoms with Gasteiger partial charge in [-0.2, -0.15) is 0 Å². The van der Waals surface area contributed by atoms with Gasteiger partial charge in [0.2, 0.25) is 5.91 Å². The molecule has 1 aliphatic rings. The summed E-state index contributed by atoms with van der Waals surface area (Å²) in [7, 11) is 1.89. The van der Waals surface area contributed by atoms with Crippen molar-refractivity contribution in [2.45, 2.75) is 25.5 Å². The van der Waals surface area contributed by atoms with Crippen LogP contribution in [0.25, 0.3) is 0 Å². The fourth-order valence-corrected chi connectivity index (χ4v) is 3.16. The molecule has 1 unspecified atom stereocenters. The zero-order chi connectivity index (χ0) is 16.9. The van der Waals surface area contributed by atoms with Crippen molar-refractivity contribution in [1.82, 2.24) is 19.8 Å². The molecule has 1 saturated heterocycles. The molecule has 7 nitrogen and oxygen atoms in total. The van der Waals surface area contributed by atoms with Gasteiger partial charge in [-0.25, -0.2) is 4.98 Å². The van der Waals surface area contributed by atoms with E-state index in [1.165, 1.54) is 0 Å². The number of nitrogens with one attached hydrogen (secondary N) is 1. The van der Waals surface area contributed by atoms with Gasteiger partial charge >= 0.3 is 0 Å². The van der Waals surface area contributed by atoms with E-state index in [4.69, 9.17) is 4.42 Å². The van der Waals surface area contributed by atoms with E-state index in [0.717, 1.165) is 31.7 Å². The third kappa shape index (κ3) is 4.04. The Hall–Kier alpha value is -2.12. The Balaban J connectivity index is 1.42. The van der Waals surface area contributed by atoms with Gasteiger partial charge in [0, 0.05) is 19.4 Å². The van der Waals surface area contributed by atoms with Crippen molar-refractivity contribution in [3.63, 3.8) is 0 Å². The molecule has 1 atom stereocenters. The van der Waals surface area contributed by atoms with Crippen LogP contribution in [0, 0.1) is 5.92 Å². The minimum atomic E-state index is -0.542. The lowest BCUT2D eigenvalue weighted by Gasteiger charge is -2.33. The Bertz CT molecular complexity index is 645. The Morgan fingerprint density at radius 1 is 1.50 bits per heavy atom. The number of furan rings is 1. The van der Waals surface area contributed by atoms with Crippen molar-refractivity contribution in [2.24, 2.45) is 13.0 Å². The molecule has 1 amide bonds. The van der Waals surface area contributed by atoms with Gasteiger partial charge in [-0.05, 0) is 44.0 Å². The lowest BCUT2D eigenvalue weighted by atomic mass is 9.90. The molecule has 0 radical (unpaired) electrons. The minimum Gasteiger partial charge on any atom is -0.467 e. The molecule has 2 aromatic rings. The highest BCUT2D eigenvalue weighted by Crippen LogP contribution is 2.29. The summed E-state index contributed by atoms with van der Waals surface area (Å²) >= 11 is 0. The number of imidazole rings is 1. The Labute approximate surface area is 141 Å². The molecule has 0 aromatic carbocycles. The highest BCUT2D eigenvalue weighted by Gasteiger charge is 2.28. The number of aromatic nitrogens is 2. The predicted octanol–water partition coefficient (Wildman–Crippen LogP) is 1.07. The van der Waals surface area contributed by atoms with Crippen LogP contribution >= 0.6 is 0 Å². The van der Waals surface area contributed by atoms with Crippen LogP contribution in [0.5, 0.6) is 0 Å². The fourth-order valence-electron chi connectivity index (χ4n) is 3.16. The second-order valence-electron chi connectivity index (χ2n) is 6.31. The molecule has 130 valence electrons. The fraction of sp³-hybridized carbons (Fsp3) is 0.529. The SMILES string of the molecule is Cn1ccnc1C(O)C1CCN(CC(=O)NCc2ccco2)CC1. The van der Waals surface area contributed by atoms with Gasteiger partial charge in [-0.15, -0.1) is 0 Å². The lowest BCUT2D eigenvalue weighted by Crippen LogP contribution is -2.42. The molecule has 7 heteroatoms. The molecule has 0 saturated carbocycles. The third-order valence-electron chi connectivity index (χ3n) is 4.61. The molecule has 1 fully saturated rings. The van der Waals surface area contributed by atoms with Crippen LogP contribution in [0.4, 0.5) is 0 Å². The summed E-state index contributed by atoms with van der Waals surface area (Å²) in [6.07, 6.45) is 6.33. The number of aryl methyl sites for hydroxylation is 1. The lowest BCUT2D eigenvalue weighted by molar-refractivity contribution is -0.123. The van der Waals surface area contributed by atoms with Crippen molar-refractivity contribution in [3.8, 4) is 0 Å². The number of hydrogen-bond donors (Lipinski definition) is 2. The molecule has 24 heavy (non-hydrogen) atoms. The van der Waals surface area contributed by atoms with Gasteiger partial charge in [0.15, 0.2) is 0 Å². The zero-order valence-electron chi connectivity index (χ0n) is 13.9. The van der Waals surface area contributed by atoms with Crippen molar-refractivity contribution in [1.29, 1.82) is 0 Å². The molecule has 0 spiro atoms. The van der Waals surface area contributed by atoms with Gasteiger partial charge in [-0.3, -0.25) is 9.69 Å². The van der Waals surface area contributed by atoms with Gasteiger partial charge in [-0.1, -0.05) is 0 Å². The average Bonchev–Trinajstić information content (AvgIpc) is 3.24. The molecule has 1 aliphatic heterocycles. The summed E-state index contributed by atoms with van der Waals surface area (Å²) in [6.45, 7) is 2.41. The highest BCUT2D eigenvalue weighted by molar-refractivity contribution is 5.77. The van der Waals surface area contributed by atoms with Crippen LogP contribution in [0.3, 0.4) is 0 Å². The Morgan fingerprint density at radius 3 is 2.92 bits per heavy atom. The standard InChI is InChI=1S/C17H24N4O3/c1-20-9-6-18-17(20)16(23)13-4-7-21(8-5-13)12-15(22)19-11-14-3-2-10-24-14/h2-3,6,9-10,13,16,23H,4-5,7-8,11-12H2,1H3,(H,19,22). The summed E-state index contributed by atoms with van der Waals surface area (Å²) < 4.78 is 7.06. The summed E-state index contributed by atoms with van der Waals surface area (Å²) in [6, 6.07) is 3.64. The van der Waals surface area contributed by atoms with E-state index in [1.54, 1.807) is 18.5 Å². The molecular formula is C17H24N4O3. The summed E-state index contributed by atoms with van der Waals surface area (Å²) in [5.41, 5.74) is 0. The maximum absolute atomic E-state index is 12.0. The van der Waals surface area contributed by atoms with Gasteiger partial charge in [0.25, 0.3) is 0 Å². The van der Waals surface area contributed by atoms with Gasteiger partial charge < -0.3 is 19.4 Å². The Morgan fingerprint density at radius 2 is 2.29 bits per heavy atom. The third-order valence-corrected chi connectivity index (χ3v) is 4.61. The molecule has 3 rings (SSSR count). The first kappa shape index (κ1) is 16.7. The number of aliphatic hydroxyl groups is 1. The number of carbonyl (C=O) groups excluding carboxylic acids is 1. The van der Waals surface area contributed by atoms with E-state index < -0.39 is 6.10 Å². The monoisotopic (exact) mass is 332 g/mol. The van der Waals surface area contributed by atoms with E-state index in [9.17, 15) is 9.90 Å². The molecule has 2 N–H and O–H groups in total. The minimum absolute atomic E-state index is 0.00509. The average molecular weight is 332 g/mol. The van der Waals surface area contributed by atoms with Crippen molar-refractivity contribution in [3.05, 3.63) is 42.4 Å². The number of piperidine rings is 1. The van der Waals surface area contributed by atoms with E-state index in [0.29, 0.717) is 18.9 Å². The van der Waals surface area contributed by atoms with E-state index in [2.05, 4.69) is 15.2 Å². The number of carbonyl (C=O) groups is 1. The quantitative estimate of drug-likeness (QED) is 0.827. The van der Waals surface area contributed by atoms with Crippen molar-refractivity contribution >= 4 is 5.91 Å². The molecule has 0 bridgehead atoms. The van der Waals surface area contributed by atoms with E-state index in [-0.39, 0.29) is 11.8 Å². The van der Waals surface area contributed by atoms with Crippen molar-refractivity contribution < 1.29 is 14.3 Å². The smallest absolute Gasteiger partial charge is 0.234 e. The molecular weight excluding hydrogens is 308 g/mol. The van der Waals surface area contributed by atoms with Crippen LogP contribution in [0.1, 0.15) is 30.5 Å². The summed E-state index contributed by atoms with van der Waals surface area (Å²) in [4.78, 5) is 18.4. The second kappa shape index (κ2) is 7.63. The summed E-state index contributed by atoms with van der Waals surface area (Å²) in [5.74, 6) is 1.65. The van der Waals surface area contributed by atoms with Crippen LogP contribution in [-0.4, -0.2) is 45.1 Å². The first-order chi connectivity index (χ1) is 11.6. The number of nitrogens with zero attached hydrogens (tertiary/aromatic N) is 3. The maximum atomic E-state index is 12.0. The van der Waals surface area contributed by atoms with Crippen LogP contribution in [0.2, 0.25) is 0 Å². The normalized spacial score (nSPS) is 17.8. The van der Waals surface area contributed by atoms with E-state index in [1.807, 2.05) is 23.9 Å². The van der Waals surface area contributed by atoms with Crippen LogP contribution < -0.4 is 5.32 Å². The molecule has 3 heterocycles. The topological polar surface area (TPSA) is 83.5 Å². The summed E-state index contributed by atoms with van der Waals surface area (Å²) in [5, 5.41) is 13.3. The Kier molecular flexibility index (Phi) is 5.32. The first-order valence-corrected chi connectivity index (χ1v) is 8.30. The maximum Gasteiger partial charge on any atom is 0.234 e. The van der Waals surface area contributed by atoms with E-state index >= 15 is 0 Å². The number of aliphatic hydroxyl groups excluding tert-OH is 1. The van der Waals surface area contributed by atoms with Gasteiger partial charge in [0.05, 0.1) is 19.4 Å². The van der Waals surface area contributed by atoms with Crippen molar-refractivity contribution in [2.75, 3.05) is 19.6 Å². The zero-order valence-corrected chi connectivity index (χ0v) is 13.9. The first-order valence-electron chi connectivity index (χ1n) is 8.30. The molecule has 2 aromatic heterocycles. The number of hydrogen-bond acceptors (Lipinski definition) is 5. The molecule has 0 aliphatic carbocycles. The van der Waals surface area contributed by atoms with Crippen LogP contribution in [0.15, 0.2) is 35.2 Å². The number of rotatable bonds is 6. The number of amides is 1. The number of likely N-dealkylation sites (tertiary alicyclic amines) is 1. The predicted molar refractivity (Wildman–Crippen MR) is 87.9 cm³/mol.